The van der Waals surface area contributed by atoms with Crippen molar-refractivity contribution in [3.05, 3.63) is 99.2 Å². The van der Waals surface area contributed by atoms with E-state index in [1.54, 1.807) is 33.5 Å². The van der Waals surface area contributed by atoms with E-state index in [1.165, 1.54) is 12.7 Å². The lowest BCUT2D eigenvalue weighted by Gasteiger charge is -2.19. The lowest BCUT2D eigenvalue weighted by Crippen LogP contribution is -2.25. The van der Waals surface area contributed by atoms with Gasteiger partial charge < -0.3 is 14.9 Å². The first-order valence-electron chi connectivity index (χ1n) is 14.0. The molecule has 2 N–H and O–H groups in total. The molecule has 1 heterocycles. The fraction of sp³-hybridized carbons (Fsp3) is 0.364. The number of aromatic nitrogens is 3. The van der Waals surface area contributed by atoms with Crippen LogP contribution in [-0.4, -0.2) is 37.6 Å². The topological polar surface area (TPSA) is 107 Å². The van der Waals surface area contributed by atoms with Crippen molar-refractivity contribution in [2.45, 2.75) is 71.9 Å². The highest BCUT2D eigenvalue weighted by molar-refractivity contribution is 5.76. The SMILES string of the molecule is CCn1c(CCCc2ccc(-c3ccc(OC)c(CC(=O)O)c3)c(O)c2)nn(Cc2ccc(C(C)(C)C)cc2)c1=O. The Bertz CT molecular complexity index is 1580. The summed E-state index contributed by atoms with van der Waals surface area (Å²) in [5.74, 6) is 0.432. The van der Waals surface area contributed by atoms with Gasteiger partial charge in [0.2, 0.25) is 0 Å². The maximum absolute atomic E-state index is 13.0. The molecule has 4 rings (SSSR count). The van der Waals surface area contributed by atoms with Gasteiger partial charge >= 0.3 is 11.7 Å². The number of carbonyl (C=O) groups is 1. The first-order valence-corrected chi connectivity index (χ1v) is 14.0. The number of methoxy groups -OCH3 is 1. The molecule has 41 heavy (non-hydrogen) atoms. The van der Waals surface area contributed by atoms with Crippen LogP contribution in [-0.2, 0) is 42.6 Å². The second-order valence-corrected chi connectivity index (χ2v) is 11.3. The van der Waals surface area contributed by atoms with Gasteiger partial charge in [-0.15, -0.1) is 0 Å². The second-order valence-electron chi connectivity index (χ2n) is 11.3. The normalized spacial score (nSPS) is 11.5. The van der Waals surface area contributed by atoms with Crippen LogP contribution in [0.3, 0.4) is 0 Å². The number of rotatable bonds is 11. The fourth-order valence-corrected chi connectivity index (χ4v) is 5.05. The Morgan fingerprint density at radius 1 is 0.976 bits per heavy atom. The molecule has 3 aromatic carbocycles. The summed E-state index contributed by atoms with van der Waals surface area (Å²) in [6, 6.07) is 19.2. The van der Waals surface area contributed by atoms with Crippen molar-refractivity contribution in [2.75, 3.05) is 7.11 Å². The van der Waals surface area contributed by atoms with E-state index in [0.717, 1.165) is 28.9 Å². The quantitative estimate of drug-likeness (QED) is 0.249. The van der Waals surface area contributed by atoms with Gasteiger partial charge in [-0.25, -0.2) is 9.48 Å². The Hall–Kier alpha value is -4.33. The molecule has 8 heteroatoms. The number of hydrogen-bond acceptors (Lipinski definition) is 5. The number of carboxylic acid groups (broad SMARTS) is 1. The van der Waals surface area contributed by atoms with Crippen molar-refractivity contribution in [1.82, 2.24) is 14.3 Å². The molecule has 1 aromatic heterocycles. The van der Waals surface area contributed by atoms with Crippen molar-refractivity contribution < 1.29 is 19.7 Å². The summed E-state index contributed by atoms with van der Waals surface area (Å²) in [6.45, 7) is 9.47. The van der Waals surface area contributed by atoms with Crippen LogP contribution in [0.25, 0.3) is 11.1 Å². The van der Waals surface area contributed by atoms with Crippen molar-refractivity contribution in [1.29, 1.82) is 0 Å². The van der Waals surface area contributed by atoms with E-state index < -0.39 is 5.97 Å². The van der Waals surface area contributed by atoms with E-state index in [4.69, 9.17) is 4.74 Å². The number of phenols is 1. The standard InChI is InChI=1S/C33H39N3O5/c1-6-35-30(34-36(32(35)40)21-23-10-14-26(15-11-23)33(2,3)4)9-7-8-22-12-16-27(28(37)18-22)24-13-17-29(41-5)25(19-24)20-31(38)39/h10-19,37H,6-9,20-21H2,1-5H3,(H,38,39). The summed E-state index contributed by atoms with van der Waals surface area (Å²) in [5, 5.41) is 24.7. The molecule has 216 valence electrons. The van der Waals surface area contributed by atoms with E-state index in [-0.39, 0.29) is 23.3 Å². The molecule has 0 saturated carbocycles. The highest BCUT2D eigenvalue weighted by Gasteiger charge is 2.16. The third kappa shape index (κ3) is 7.06. The molecular formula is C33H39N3O5. The lowest BCUT2D eigenvalue weighted by molar-refractivity contribution is -0.136. The number of benzene rings is 3. The Balaban J connectivity index is 1.43. The largest absolute Gasteiger partial charge is 0.507 e. The highest BCUT2D eigenvalue weighted by atomic mass is 16.5. The molecule has 0 bridgehead atoms. The van der Waals surface area contributed by atoms with E-state index >= 15 is 0 Å². The number of carboxylic acids is 1. The molecule has 0 aliphatic carbocycles. The van der Waals surface area contributed by atoms with Crippen molar-refractivity contribution in [2.24, 2.45) is 0 Å². The Morgan fingerprint density at radius 2 is 1.68 bits per heavy atom. The zero-order valence-corrected chi connectivity index (χ0v) is 24.5. The minimum atomic E-state index is -0.951. The molecule has 0 radical (unpaired) electrons. The van der Waals surface area contributed by atoms with Gasteiger partial charge in [0, 0.05) is 24.1 Å². The third-order valence-electron chi connectivity index (χ3n) is 7.33. The number of hydrogen-bond donors (Lipinski definition) is 2. The number of phenolic OH excluding ortho intramolecular Hbond substituents is 1. The van der Waals surface area contributed by atoms with Gasteiger partial charge in [0.25, 0.3) is 0 Å². The van der Waals surface area contributed by atoms with Crippen molar-refractivity contribution >= 4 is 5.97 Å². The predicted octanol–water partition coefficient (Wildman–Crippen LogP) is 5.59. The molecule has 0 aliphatic rings. The number of nitrogens with zero attached hydrogens (tertiary/aromatic N) is 3. The summed E-state index contributed by atoms with van der Waals surface area (Å²) in [4.78, 5) is 24.3. The molecule has 0 spiro atoms. The smallest absolute Gasteiger partial charge is 0.346 e. The first-order chi connectivity index (χ1) is 19.5. The zero-order valence-electron chi connectivity index (χ0n) is 24.5. The molecule has 0 aliphatic heterocycles. The number of aryl methyl sites for hydroxylation is 2. The van der Waals surface area contributed by atoms with Crippen LogP contribution in [0.5, 0.6) is 11.5 Å². The van der Waals surface area contributed by atoms with Crippen LogP contribution in [0.1, 0.15) is 62.2 Å². The van der Waals surface area contributed by atoms with Crippen LogP contribution in [0, 0.1) is 0 Å². The van der Waals surface area contributed by atoms with Crippen LogP contribution in [0.4, 0.5) is 0 Å². The Morgan fingerprint density at radius 3 is 2.29 bits per heavy atom. The fourth-order valence-electron chi connectivity index (χ4n) is 5.05. The average Bonchev–Trinajstić information content (AvgIpc) is 3.21. The van der Waals surface area contributed by atoms with Gasteiger partial charge in [-0.05, 0) is 65.6 Å². The third-order valence-corrected chi connectivity index (χ3v) is 7.33. The molecule has 0 atom stereocenters. The molecule has 0 saturated heterocycles. The summed E-state index contributed by atoms with van der Waals surface area (Å²) >= 11 is 0. The zero-order chi connectivity index (χ0) is 29.7. The lowest BCUT2D eigenvalue weighted by atomic mass is 9.87. The average molecular weight is 558 g/mol. The molecule has 0 fully saturated rings. The Labute approximate surface area is 240 Å². The molecule has 0 amide bonds. The number of aliphatic carboxylic acids is 1. The van der Waals surface area contributed by atoms with E-state index in [1.807, 2.05) is 19.1 Å². The molecule has 0 unspecified atom stereocenters. The van der Waals surface area contributed by atoms with Crippen molar-refractivity contribution in [3.63, 3.8) is 0 Å². The van der Waals surface area contributed by atoms with Crippen LogP contribution >= 0.6 is 0 Å². The monoisotopic (exact) mass is 557 g/mol. The van der Waals surface area contributed by atoms with Gasteiger partial charge in [-0.1, -0.05) is 63.2 Å². The first kappa shape index (κ1) is 29.6. The van der Waals surface area contributed by atoms with Gasteiger partial charge in [0.1, 0.15) is 17.3 Å². The molecule has 4 aromatic rings. The van der Waals surface area contributed by atoms with E-state index in [0.29, 0.717) is 42.8 Å². The van der Waals surface area contributed by atoms with Crippen molar-refractivity contribution in [3.8, 4) is 22.6 Å². The van der Waals surface area contributed by atoms with Gasteiger partial charge in [-0.3, -0.25) is 9.36 Å². The minimum Gasteiger partial charge on any atom is -0.507 e. The van der Waals surface area contributed by atoms with Crippen LogP contribution in [0.2, 0.25) is 0 Å². The van der Waals surface area contributed by atoms with Gasteiger partial charge in [0.15, 0.2) is 0 Å². The molecule has 8 nitrogen and oxygen atoms in total. The van der Waals surface area contributed by atoms with Crippen LogP contribution < -0.4 is 10.4 Å². The molecular weight excluding hydrogens is 518 g/mol. The number of aromatic hydroxyl groups is 1. The maximum Gasteiger partial charge on any atom is 0.346 e. The highest BCUT2D eigenvalue weighted by Crippen LogP contribution is 2.33. The number of ether oxygens (including phenoxy) is 1. The maximum atomic E-state index is 13.0. The predicted molar refractivity (Wildman–Crippen MR) is 160 cm³/mol. The van der Waals surface area contributed by atoms with Crippen LogP contribution in [0.15, 0.2) is 65.5 Å². The Kier molecular flexibility index (Phi) is 9.01. The summed E-state index contributed by atoms with van der Waals surface area (Å²) < 4.78 is 8.55. The minimum absolute atomic E-state index is 0.0740. The van der Waals surface area contributed by atoms with E-state index in [2.05, 4.69) is 50.1 Å². The van der Waals surface area contributed by atoms with E-state index in [9.17, 15) is 19.8 Å². The second kappa shape index (κ2) is 12.5. The summed E-state index contributed by atoms with van der Waals surface area (Å²) in [6.07, 6.45) is 1.94. The van der Waals surface area contributed by atoms with Gasteiger partial charge in [0.05, 0.1) is 20.1 Å². The summed E-state index contributed by atoms with van der Waals surface area (Å²) in [7, 11) is 1.50. The van der Waals surface area contributed by atoms with Gasteiger partial charge in [-0.2, -0.15) is 5.10 Å². The summed E-state index contributed by atoms with van der Waals surface area (Å²) in [5.41, 5.74) is 5.11.